The molecule has 0 spiro atoms. The van der Waals surface area contributed by atoms with Gasteiger partial charge in [-0.05, 0) is 24.3 Å². The highest BCUT2D eigenvalue weighted by Gasteiger charge is 2.14. The highest BCUT2D eigenvalue weighted by atomic mass is 19.1. The Labute approximate surface area is 118 Å². The number of nitrogens with zero attached hydrogens (tertiary/aromatic N) is 2. The third-order valence-corrected chi connectivity index (χ3v) is 2.90. The number of fused-ring (bicyclic) bond motifs is 1. The molecular weight excluding hydrogens is 275 g/mol. The predicted octanol–water partition coefficient (Wildman–Crippen LogP) is 3.26. The van der Waals surface area contributed by atoms with Gasteiger partial charge < -0.3 is 9.84 Å². The van der Waals surface area contributed by atoms with Crippen molar-refractivity contribution in [2.75, 3.05) is 0 Å². The van der Waals surface area contributed by atoms with Crippen molar-refractivity contribution in [1.29, 1.82) is 0 Å². The van der Waals surface area contributed by atoms with Crippen LogP contribution >= 0.6 is 0 Å². The number of halogens is 1. The number of aromatic carboxylic acids is 1. The molecule has 6 heteroatoms. The molecule has 0 saturated heterocycles. The molecule has 3 rings (SSSR count). The van der Waals surface area contributed by atoms with Crippen molar-refractivity contribution in [3.8, 4) is 11.5 Å². The maximum Gasteiger partial charge on any atom is 0.339 e. The van der Waals surface area contributed by atoms with Crippen molar-refractivity contribution in [3.05, 3.63) is 60.0 Å². The summed E-state index contributed by atoms with van der Waals surface area (Å²) in [4.78, 5) is 11.2. The largest absolute Gasteiger partial charge is 0.478 e. The minimum atomic E-state index is -1.20. The van der Waals surface area contributed by atoms with Crippen LogP contribution in [0.15, 0.2) is 48.7 Å². The van der Waals surface area contributed by atoms with E-state index in [2.05, 4.69) is 10.2 Å². The van der Waals surface area contributed by atoms with Gasteiger partial charge >= 0.3 is 5.97 Å². The van der Waals surface area contributed by atoms with Crippen molar-refractivity contribution in [2.45, 2.75) is 0 Å². The molecule has 0 fully saturated rings. The number of aromatic nitrogens is 2. The number of carboxylic acids is 1. The summed E-state index contributed by atoms with van der Waals surface area (Å²) in [6, 6.07) is 10.4. The van der Waals surface area contributed by atoms with E-state index in [9.17, 15) is 9.18 Å². The Balaban J connectivity index is 2.11. The van der Waals surface area contributed by atoms with E-state index in [1.54, 1.807) is 24.3 Å². The summed E-state index contributed by atoms with van der Waals surface area (Å²) >= 11 is 0. The average molecular weight is 284 g/mol. The summed E-state index contributed by atoms with van der Waals surface area (Å²) in [5.41, 5.74) is 0.473. The van der Waals surface area contributed by atoms with Crippen molar-refractivity contribution in [2.24, 2.45) is 0 Å². The van der Waals surface area contributed by atoms with Crippen molar-refractivity contribution < 1.29 is 19.0 Å². The summed E-state index contributed by atoms with van der Waals surface area (Å²) in [5.74, 6) is -1.55. The molecule has 0 bridgehead atoms. The van der Waals surface area contributed by atoms with Gasteiger partial charge in [-0.2, -0.15) is 10.2 Å². The lowest BCUT2D eigenvalue weighted by Gasteiger charge is -2.10. The van der Waals surface area contributed by atoms with Gasteiger partial charge in [-0.25, -0.2) is 9.18 Å². The zero-order chi connectivity index (χ0) is 14.8. The van der Waals surface area contributed by atoms with Gasteiger partial charge in [-0.15, -0.1) is 0 Å². The molecule has 1 N–H and O–H groups in total. The molecule has 0 atom stereocenters. The third kappa shape index (κ3) is 2.51. The lowest BCUT2D eigenvalue weighted by atomic mass is 10.2. The Morgan fingerprint density at radius 2 is 1.95 bits per heavy atom. The fourth-order valence-electron chi connectivity index (χ4n) is 1.94. The molecule has 2 aromatic carbocycles. The van der Waals surface area contributed by atoms with E-state index >= 15 is 0 Å². The van der Waals surface area contributed by atoms with Gasteiger partial charge in [0.2, 0.25) is 0 Å². The minimum Gasteiger partial charge on any atom is -0.478 e. The monoisotopic (exact) mass is 284 g/mol. The number of carbonyl (C=O) groups is 1. The van der Waals surface area contributed by atoms with Gasteiger partial charge in [0.25, 0.3) is 0 Å². The molecule has 0 saturated carbocycles. The molecule has 104 valence electrons. The average Bonchev–Trinajstić information content (AvgIpc) is 2.47. The summed E-state index contributed by atoms with van der Waals surface area (Å²) in [6.45, 7) is 0. The van der Waals surface area contributed by atoms with Gasteiger partial charge in [-0.3, -0.25) is 0 Å². The zero-order valence-corrected chi connectivity index (χ0v) is 10.7. The van der Waals surface area contributed by atoms with Crippen LogP contribution in [0.5, 0.6) is 11.5 Å². The van der Waals surface area contributed by atoms with Crippen LogP contribution in [0.2, 0.25) is 0 Å². The van der Waals surface area contributed by atoms with E-state index in [4.69, 9.17) is 9.84 Å². The molecule has 21 heavy (non-hydrogen) atoms. The number of hydrogen-bond donors (Lipinski definition) is 1. The van der Waals surface area contributed by atoms with Crippen molar-refractivity contribution >= 4 is 16.9 Å². The van der Waals surface area contributed by atoms with Crippen molar-refractivity contribution in [3.63, 3.8) is 0 Å². The maximum atomic E-state index is 13.3. The summed E-state index contributed by atoms with van der Waals surface area (Å²) in [5, 5.41) is 17.5. The first-order valence-corrected chi connectivity index (χ1v) is 6.06. The maximum absolute atomic E-state index is 13.3. The number of ether oxygens (including phenoxy) is 1. The first-order valence-electron chi connectivity index (χ1n) is 6.06. The summed E-state index contributed by atoms with van der Waals surface area (Å²) in [6.07, 6.45) is 1.36. The highest BCUT2D eigenvalue weighted by Crippen LogP contribution is 2.30. The van der Waals surface area contributed by atoms with Crippen LogP contribution in [0.25, 0.3) is 10.9 Å². The lowest BCUT2D eigenvalue weighted by Crippen LogP contribution is -2.01. The second kappa shape index (κ2) is 5.16. The zero-order valence-electron chi connectivity index (χ0n) is 10.7. The van der Waals surface area contributed by atoms with E-state index in [-0.39, 0.29) is 11.3 Å². The Morgan fingerprint density at radius 3 is 2.76 bits per heavy atom. The second-order valence-electron chi connectivity index (χ2n) is 4.27. The Hall–Kier alpha value is -3.02. The first kappa shape index (κ1) is 13.0. The smallest absolute Gasteiger partial charge is 0.339 e. The number of hydrogen-bond acceptors (Lipinski definition) is 4. The van der Waals surface area contributed by atoms with Crippen LogP contribution < -0.4 is 4.74 Å². The fourth-order valence-corrected chi connectivity index (χ4v) is 1.94. The quantitative estimate of drug-likeness (QED) is 0.799. The van der Waals surface area contributed by atoms with Gasteiger partial charge in [0.15, 0.2) is 5.75 Å². The lowest BCUT2D eigenvalue weighted by molar-refractivity contribution is 0.0694. The molecule has 5 nitrogen and oxygen atoms in total. The number of rotatable bonds is 3. The molecule has 0 aliphatic rings. The first-order chi connectivity index (χ1) is 10.1. The van der Waals surface area contributed by atoms with E-state index in [0.717, 1.165) is 18.2 Å². The Morgan fingerprint density at radius 1 is 1.14 bits per heavy atom. The van der Waals surface area contributed by atoms with Crippen LogP contribution in [-0.4, -0.2) is 21.3 Å². The summed E-state index contributed by atoms with van der Waals surface area (Å²) in [7, 11) is 0. The van der Waals surface area contributed by atoms with Crippen LogP contribution in [0.1, 0.15) is 10.4 Å². The van der Waals surface area contributed by atoms with E-state index in [1.807, 2.05) is 0 Å². The number of carboxylic acid groups (broad SMARTS) is 1. The van der Waals surface area contributed by atoms with Crippen molar-refractivity contribution in [1.82, 2.24) is 10.2 Å². The Kier molecular flexibility index (Phi) is 3.19. The van der Waals surface area contributed by atoms with Crippen LogP contribution in [0, 0.1) is 5.82 Å². The van der Waals surface area contributed by atoms with Gasteiger partial charge in [0.1, 0.15) is 17.1 Å². The minimum absolute atomic E-state index is 0.0827. The van der Waals surface area contributed by atoms with Gasteiger partial charge in [0.05, 0.1) is 11.7 Å². The fraction of sp³-hybridized carbons (Fsp3) is 0. The van der Waals surface area contributed by atoms with Gasteiger partial charge in [-0.1, -0.05) is 12.1 Å². The van der Waals surface area contributed by atoms with Crippen LogP contribution in [0.4, 0.5) is 4.39 Å². The molecule has 0 unspecified atom stereocenters. The Bertz CT molecular complexity index is 831. The van der Waals surface area contributed by atoms with Crippen LogP contribution in [-0.2, 0) is 0 Å². The van der Waals surface area contributed by atoms with E-state index in [1.165, 1.54) is 6.20 Å². The molecule has 0 aliphatic carbocycles. The third-order valence-electron chi connectivity index (χ3n) is 2.90. The molecule has 3 aromatic rings. The molecule has 0 amide bonds. The standard InChI is InChI=1S/C15H9FN2O3/c16-9-5-6-11(15(19)20)13(7-9)21-14-8-17-18-12-4-2-1-3-10(12)14/h1-8H,(H,19,20). The topological polar surface area (TPSA) is 72.3 Å². The normalized spacial score (nSPS) is 10.5. The molecular formula is C15H9FN2O3. The molecule has 1 heterocycles. The SMILES string of the molecule is O=C(O)c1ccc(F)cc1Oc1cnnc2ccccc12. The second-order valence-corrected chi connectivity index (χ2v) is 4.27. The van der Waals surface area contributed by atoms with E-state index < -0.39 is 11.8 Å². The molecule has 0 aliphatic heterocycles. The van der Waals surface area contributed by atoms with E-state index in [0.29, 0.717) is 16.7 Å². The number of benzene rings is 2. The van der Waals surface area contributed by atoms with Crippen LogP contribution in [0.3, 0.4) is 0 Å². The molecule has 0 radical (unpaired) electrons. The predicted molar refractivity (Wildman–Crippen MR) is 73.0 cm³/mol. The van der Waals surface area contributed by atoms with Gasteiger partial charge in [0, 0.05) is 11.5 Å². The molecule has 1 aromatic heterocycles. The highest BCUT2D eigenvalue weighted by molar-refractivity contribution is 5.91. The summed E-state index contributed by atoms with van der Waals surface area (Å²) < 4.78 is 18.9.